The Bertz CT molecular complexity index is 513. The fourth-order valence-corrected chi connectivity index (χ4v) is 2.08. The minimum Gasteiger partial charge on any atom is -0.469 e. The summed E-state index contributed by atoms with van der Waals surface area (Å²) in [6.07, 6.45) is -9.90. The van der Waals surface area contributed by atoms with Crippen LogP contribution in [0.2, 0.25) is 0 Å². The van der Waals surface area contributed by atoms with Crippen molar-refractivity contribution in [3.05, 3.63) is 34.9 Å². The number of hydrogen-bond acceptors (Lipinski definition) is 2. The van der Waals surface area contributed by atoms with Crippen LogP contribution in [0, 0.1) is 5.92 Å². The Morgan fingerprint density at radius 3 is 1.64 bits per heavy atom. The van der Waals surface area contributed by atoms with E-state index in [2.05, 4.69) is 4.74 Å². The Balaban J connectivity index is 3.55. The lowest BCUT2D eigenvalue weighted by Gasteiger charge is -2.21. The molecule has 0 bridgehead atoms. The van der Waals surface area contributed by atoms with E-state index in [0.717, 1.165) is 7.11 Å². The molecular formula is C14H14F6O2. The third-order valence-electron chi connectivity index (χ3n) is 3.09. The summed E-state index contributed by atoms with van der Waals surface area (Å²) >= 11 is 0. The lowest BCUT2D eigenvalue weighted by Crippen LogP contribution is -2.21. The molecule has 8 heteroatoms. The number of carbonyl (C=O) groups excluding carboxylic acids is 1. The number of benzene rings is 1. The van der Waals surface area contributed by atoms with Crippen molar-refractivity contribution in [2.75, 3.05) is 7.11 Å². The van der Waals surface area contributed by atoms with E-state index in [4.69, 9.17) is 0 Å². The Morgan fingerprint density at radius 2 is 1.36 bits per heavy atom. The zero-order valence-corrected chi connectivity index (χ0v) is 12.0. The van der Waals surface area contributed by atoms with E-state index in [1.165, 1.54) is 13.8 Å². The highest BCUT2D eigenvalue weighted by molar-refractivity contribution is 5.78. The van der Waals surface area contributed by atoms with Gasteiger partial charge < -0.3 is 4.74 Å². The van der Waals surface area contributed by atoms with Crippen molar-refractivity contribution in [1.29, 1.82) is 0 Å². The number of alkyl halides is 6. The van der Waals surface area contributed by atoms with E-state index in [0.29, 0.717) is 12.1 Å². The Hall–Kier alpha value is -1.73. The smallest absolute Gasteiger partial charge is 0.416 e. The van der Waals surface area contributed by atoms with Gasteiger partial charge in [-0.2, -0.15) is 26.3 Å². The van der Waals surface area contributed by atoms with Gasteiger partial charge in [-0.15, -0.1) is 0 Å². The second-order valence-electron chi connectivity index (χ2n) is 5.08. The van der Waals surface area contributed by atoms with Gasteiger partial charge in [0.1, 0.15) is 0 Å². The van der Waals surface area contributed by atoms with Crippen LogP contribution in [0.25, 0.3) is 0 Å². The molecule has 124 valence electrons. The third kappa shape index (κ3) is 4.14. The van der Waals surface area contributed by atoms with Crippen molar-refractivity contribution < 1.29 is 35.9 Å². The van der Waals surface area contributed by atoms with Crippen LogP contribution < -0.4 is 0 Å². The van der Waals surface area contributed by atoms with Crippen LogP contribution in [0.1, 0.15) is 36.5 Å². The van der Waals surface area contributed by atoms with Gasteiger partial charge in [0.25, 0.3) is 0 Å². The van der Waals surface area contributed by atoms with Crippen LogP contribution in [-0.4, -0.2) is 13.1 Å². The van der Waals surface area contributed by atoms with Crippen LogP contribution >= 0.6 is 0 Å². The van der Waals surface area contributed by atoms with E-state index in [-0.39, 0.29) is 11.6 Å². The van der Waals surface area contributed by atoms with Crippen LogP contribution in [0.4, 0.5) is 26.3 Å². The van der Waals surface area contributed by atoms with Crippen molar-refractivity contribution in [3.8, 4) is 0 Å². The molecule has 0 heterocycles. The molecule has 0 N–H and O–H groups in total. The lowest BCUT2D eigenvalue weighted by atomic mass is 9.86. The largest absolute Gasteiger partial charge is 0.469 e. The van der Waals surface area contributed by atoms with Crippen molar-refractivity contribution >= 4 is 5.97 Å². The number of ether oxygens (including phenoxy) is 1. The van der Waals surface area contributed by atoms with Crippen molar-refractivity contribution in [2.45, 2.75) is 32.1 Å². The van der Waals surface area contributed by atoms with E-state index in [1.54, 1.807) is 0 Å². The van der Waals surface area contributed by atoms with Crippen LogP contribution in [0.3, 0.4) is 0 Å². The Morgan fingerprint density at radius 1 is 0.955 bits per heavy atom. The summed E-state index contributed by atoms with van der Waals surface area (Å²) in [7, 11) is 1.02. The second kappa shape index (κ2) is 6.18. The Kier molecular flexibility index (Phi) is 5.14. The molecule has 0 saturated carbocycles. The minimum atomic E-state index is -4.95. The molecule has 0 saturated heterocycles. The van der Waals surface area contributed by atoms with Crippen molar-refractivity contribution in [2.24, 2.45) is 5.92 Å². The molecule has 0 radical (unpaired) electrons. The van der Waals surface area contributed by atoms with E-state index in [9.17, 15) is 31.1 Å². The van der Waals surface area contributed by atoms with Gasteiger partial charge in [0.15, 0.2) is 0 Å². The maximum Gasteiger partial charge on any atom is 0.416 e. The van der Waals surface area contributed by atoms with Gasteiger partial charge in [0.2, 0.25) is 0 Å². The highest BCUT2D eigenvalue weighted by atomic mass is 19.4. The van der Waals surface area contributed by atoms with Gasteiger partial charge in [-0.05, 0) is 29.7 Å². The molecular weight excluding hydrogens is 314 g/mol. The first-order chi connectivity index (χ1) is 9.87. The van der Waals surface area contributed by atoms with Crippen LogP contribution in [0.5, 0.6) is 0 Å². The molecule has 0 aliphatic heterocycles. The number of rotatable bonds is 3. The Labute approximate surface area is 123 Å². The summed E-state index contributed by atoms with van der Waals surface area (Å²) in [5.41, 5.74) is -3.28. The average molecular weight is 328 g/mol. The summed E-state index contributed by atoms with van der Waals surface area (Å²) in [4.78, 5) is 11.7. The predicted octanol–water partition coefficient (Wildman–Crippen LogP) is 4.64. The van der Waals surface area contributed by atoms with E-state index >= 15 is 0 Å². The molecule has 0 amide bonds. The van der Waals surface area contributed by atoms with Crippen molar-refractivity contribution in [3.63, 3.8) is 0 Å². The summed E-state index contributed by atoms with van der Waals surface area (Å²) in [5.74, 6) is -2.63. The van der Waals surface area contributed by atoms with E-state index < -0.39 is 41.3 Å². The fourth-order valence-electron chi connectivity index (χ4n) is 2.08. The molecule has 0 spiro atoms. The molecule has 2 nitrogen and oxygen atoms in total. The lowest BCUT2D eigenvalue weighted by molar-refractivity contribution is -0.146. The monoisotopic (exact) mass is 328 g/mol. The normalized spacial score (nSPS) is 14.1. The summed E-state index contributed by atoms with van der Waals surface area (Å²) in [6.45, 7) is 3.02. The predicted molar refractivity (Wildman–Crippen MR) is 66.0 cm³/mol. The van der Waals surface area contributed by atoms with Crippen molar-refractivity contribution in [1.82, 2.24) is 0 Å². The van der Waals surface area contributed by atoms with Gasteiger partial charge in [0.05, 0.1) is 24.2 Å². The molecule has 1 atom stereocenters. The average Bonchev–Trinajstić information content (AvgIpc) is 2.35. The molecule has 1 rings (SSSR count). The first kappa shape index (κ1) is 18.3. The van der Waals surface area contributed by atoms with Crippen LogP contribution in [0.15, 0.2) is 18.2 Å². The summed E-state index contributed by atoms with van der Waals surface area (Å²) < 4.78 is 81.3. The summed E-state index contributed by atoms with van der Waals surface area (Å²) in [5, 5.41) is 0. The molecule has 0 fully saturated rings. The SMILES string of the molecule is COC(=O)C(c1cc(C(F)(F)F)cc(C(F)(F)F)c1)C(C)C. The van der Waals surface area contributed by atoms with Gasteiger partial charge in [-0.1, -0.05) is 13.8 Å². The number of esters is 1. The quantitative estimate of drug-likeness (QED) is 0.597. The molecule has 0 aliphatic rings. The third-order valence-corrected chi connectivity index (χ3v) is 3.09. The highest BCUT2D eigenvalue weighted by Crippen LogP contribution is 2.39. The standard InChI is InChI=1S/C14H14F6O2/c1-7(2)11(12(21)22-3)8-4-9(13(15,16)17)6-10(5-8)14(18,19)20/h4-7,11H,1-3H3. The molecule has 0 aromatic heterocycles. The van der Waals surface area contributed by atoms with Gasteiger partial charge in [-0.25, -0.2) is 0 Å². The zero-order valence-electron chi connectivity index (χ0n) is 12.0. The van der Waals surface area contributed by atoms with E-state index in [1.807, 2.05) is 0 Å². The number of halogens is 6. The number of hydrogen-bond donors (Lipinski definition) is 0. The number of carbonyl (C=O) groups is 1. The molecule has 0 aliphatic carbocycles. The molecule has 1 aromatic rings. The van der Waals surface area contributed by atoms with Gasteiger partial charge in [-0.3, -0.25) is 4.79 Å². The fraction of sp³-hybridized carbons (Fsp3) is 0.500. The molecule has 22 heavy (non-hydrogen) atoms. The number of methoxy groups -OCH3 is 1. The van der Waals surface area contributed by atoms with Gasteiger partial charge in [0, 0.05) is 0 Å². The minimum absolute atomic E-state index is 0.0260. The molecule has 1 unspecified atom stereocenters. The highest BCUT2D eigenvalue weighted by Gasteiger charge is 2.38. The maximum absolute atomic E-state index is 12.8. The van der Waals surface area contributed by atoms with Gasteiger partial charge >= 0.3 is 18.3 Å². The first-order valence-electron chi connectivity index (χ1n) is 6.25. The zero-order chi connectivity index (χ0) is 17.3. The molecule has 1 aromatic carbocycles. The maximum atomic E-state index is 12.8. The van der Waals surface area contributed by atoms with Crippen LogP contribution in [-0.2, 0) is 21.9 Å². The first-order valence-corrected chi connectivity index (χ1v) is 6.25. The second-order valence-corrected chi connectivity index (χ2v) is 5.08. The summed E-state index contributed by atoms with van der Waals surface area (Å²) in [6, 6.07) is 1.13. The topological polar surface area (TPSA) is 26.3 Å².